The lowest BCUT2D eigenvalue weighted by atomic mass is 10.2. The van der Waals surface area contributed by atoms with Crippen LogP contribution in [-0.2, 0) is 6.18 Å². The van der Waals surface area contributed by atoms with E-state index in [0.29, 0.717) is 22.8 Å². The van der Waals surface area contributed by atoms with Crippen LogP contribution in [0.5, 0.6) is 0 Å². The molecule has 24 heavy (non-hydrogen) atoms. The summed E-state index contributed by atoms with van der Waals surface area (Å²) in [6, 6.07) is 3.04. The van der Waals surface area contributed by atoms with Gasteiger partial charge >= 0.3 is 6.18 Å². The smallest absolute Gasteiger partial charge is 0.372 e. The van der Waals surface area contributed by atoms with Gasteiger partial charge in [-0.05, 0) is 19.1 Å². The number of β-amino-alcohol motifs (C(OH)–C–C–N with tert-alkyl or cyclic N) is 1. The molecule has 2 aromatic heterocycles. The number of piperazine rings is 1. The van der Waals surface area contributed by atoms with Crippen molar-refractivity contribution < 1.29 is 27.6 Å². The summed E-state index contributed by atoms with van der Waals surface area (Å²) in [4.78, 5) is 14.5. The van der Waals surface area contributed by atoms with E-state index >= 15 is 0 Å². The Bertz CT molecular complexity index is 756. The Labute approximate surface area is 138 Å². The second-order valence-electron chi connectivity index (χ2n) is 5.33. The zero-order valence-corrected chi connectivity index (χ0v) is 13.4. The van der Waals surface area contributed by atoms with Crippen molar-refractivity contribution in [1.29, 1.82) is 0 Å². The molecule has 2 N–H and O–H groups in total. The molecule has 1 atom stereocenters. The number of hydrogen-bond acceptors (Lipinski definition) is 6. The number of rotatable bonds is 2. The van der Waals surface area contributed by atoms with Gasteiger partial charge in [-0.25, -0.2) is 0 Å². The van der Waals surface area contributed by atoms with Crippen LogP contribution >= 0.6 is 11.3 Å². The summed E-state index contributed by atoms with van der Waals surface area (Å²) >= 11 is 1.02. The number of alkyl halides is 3. The molecule has 1 aliphatic heterocycles. The Morgan fingerprint density at radius 1 is 1.50 bits per heavy atom. The molecular formula is C14H14F3N3O3S. The molecule has 0 unspecified atom stereocenters. The van der Waals surface area contributed by atoms with Crippen molar-refractivity contribution in [3.63, 3.8) is 0 Å². The topological polar surface area (TPSA) is 78.6 Å². The first-order valence-corrected chi connectivity index (χ1v) is 7.94. The second kappa shape index (κ2) is 6.19. The van der Waals surface area contributed by atoms with E-state index in [2.05, 4.69) is 15.0 Å². The highest BCUT2D eigenvalue weighted by Crippen LogP contribution is 2.38. The number of aliphatic hydroxyl groups excluding tert-OH is 1. The van der Waals surface area contributed by atoms with Gasteiger partial charge in [0.1, 0.15) is 11.9 Å². The lowest BCUT2D eigenvalue weighted by Gasteiger charge is -2.32. The maximum Gasteiger partial charge on any atom is 0.452 e. The van der Waals surface area contributed by atoms with Gasteiger partial charge in [0.05, 0.1) is 9.75 Å². The predicted molar refractivity (Wildman–Crippen MR) is 79.5 cm³/mol. The van der Waals surface area contributed by atoms with E-state index < -0.39 is 18.2 Å². The van der Waals surface area contributed by atoms with E-state index in [1.165, 1.54) is 24.0 Å². The standard InChI is InChI=1S/C14H14F3N3O3S/c1-7-11(19-23-12(7)14(15,16)17)8-2-3-9(24-8)13(22)20-5-4-18-6-10(20)21/h2-3,10,18,21H,4-6H2,1H3/t10-/m0/s1. The fourth-order valence-corrected chi connectivity index (χ4v) is 3.48. The highest BCUT2D eigenvalue weighted by molar-refractivity contribution is 7.17. The van der Waals surface area contributed by atoms with Crippen molar-refractivity contribution in [2.24, 2.45) is 0 Å². The van der Waals surface area contributed by atoms with E-state index in [1.807, 2.05) is 0 Å². The summed E-state index contributed by atoms with van der Waals surface area (Å²) in [6.45, 7) is 2.48. The number of hydrogen-bond donors (Lipinski definition) is 2. The summed E-state index contributed by atoms with van der Waals surface area (Å²) in [7, 11) is 0. The predicted octanol–water partition coefficient (Wildman–Crippen LogP) is 2.09. The lowest BCUT2D eigenvalue weighted by molar-refractivity contribution is -0.156. The molecule has 1 amide bonds. The highest BCUT2D eigenvalue weighted by atomic mass is 32.1. The summed E-state index contributed by atoms with van der Waals surface area (Å²) < 4.78 is 42.7. The monoisotopic (exact) mass is 361 g/mol. The number of amides is 1. The molecule has 0 saturated carbocycles. The zero-order chi connectivity index (χ0) is 17.5. The molecule has 1 aliphatic rings. The Kier molecular flexibility index (Phi) is 4.37. The molecule has 2 aromatic rings. The van der Waals surface area contributed by atoms with E-state index in [0.717, 1.165) is 11.3 Å². The number of carbonyl (C=O) groups excluding carboxylic acids is 1. The van der Waals surface area contributed by atoms with Crippen LogP contribution < -0.4 is 5.32 Å². The Balaban J connectivity index is 1.86. The molecule has 0 radical (unpaired) electrons. The minimum absolute atomic E-state index is 0.0623. The molecule has 1 fully saturated rings. The number of halogens is 3. The molecule has 6 nitrogen and oxygen atoms in total. The van der Waals surface area contributed by atoms with Gasteiger partial charge in [0.15, 0.2) is 0 Å². The molecule has 0 bridgehead atoms. The zero-order valence-electron chi connectivity index (χ0n) is 12.6. The maximum atomic E-state index is 12.8. The number of nitrogens with zero attached hydrogens (tertiary/aromatic N) is 2. The highest BCUT2D eigenvalue weighted by Gasteiger charge is 2.39. The molecular weight excluding hydrogens is 347 g/mol. The second-order valence-corrected chi connectivity index (χ2v) is 6.41. The first kappa shape index (κ1) is 16.9. The average molecular weight is 361 g/mol. The van der Waals surface area contributed by atoms with Gasteiger partial charge in [-0.2, -0.15) is 13.2 Å². The fraction of sp³-hybridized carbons (Fsp3) is 0.429. The largest absolute Gasteiger partial charge is 0.452 e. The summed E-state index contributed by atoms with van der Waals surface area (Å²) in [5, 5.41) is 16.3. The normalized spacial score (nSPS) is 18.9. The molecule has 0 aromatic carbocycles. The van der Waals surface area contributed by atoms with E-state index in [9.17, 15) is 23.1 Å². The fourth-order valence-electron chi connectivity index (χ4n) is 2.48. The van der Waals surface area contributed by atoms with Gasteiger partial charge in [0.2, 0.25) is 5.76 Å². The Morgan fingerprint density at radius 2 is 2.25 bits per heavy atom. The maximum absolute atomic E-state index is 12.8. The molecule has 130 valence electrons. The molecule has 0 aliphatic carbocycles. The Morgan fingerprint density at radius 3 is 2.88 bits per heavy atom. The quantitative estimate of drug-likeness (QED) is 0.856. The minimum Gasteiger partial charge on any atom is -0.372 e. The van der Waals surface area contributed by atoms with Crippen LogP contribution in [0.3, 0.4) is 0 Å². The summed E-state index contributed by atoms with van der Waals surface area (Å²) in [5.41, 5.74) is -0.0576. The third kappa shape index (κ3) is 3.04. The van der Waals surface area contributed by atoms with Crippen LogP contribution in [-0.4, -0.2) is 46.9 Å². The van der Waals surface area contributed by atoms with Crippen molar-refractivity contribution >= 4 is 17.2 Å². The van der Waals surface area contributed by atoms with Gasteiger partial charge in [0, 0.05) is 25.2 Å². The van der Waals surface area contributed by atoms with Crippen LogP contribution in [0, 0.1) is 6.92 Å². The van der Waals surface area contributed by atoms with Crippen LogP contribution in [0.25, 0.3) is 10.6 Å². The number of aliphatic hydroxyl groups is 1. The first-order chi connectivity index (χ1) is 11.3. The summed E-state index contributed by atoms with van der Waals surface area (Å²) in [6.07, 6.45) is -5.54. The number of thiophene rings is 1. The van der Waals surface area contributed by atoms with Crippen molar-refractivity contribution in [2.45, 2.75) is 19.3 Å². The molecule has 10 heteroatoms. The van der Waals surface area contributed by atoms with Gasteiger partial charge in [-0.15, -0.1) is 11.3 Å². The molecule has 1 saturated heterocycles. The third-order valence-electron chi connectivity index (χ3n) is 3.71. The van der Waals surface area contributed by atoms with Gasteiger partial charge < -0.3 is 19.8 Å². The number of carbonyl (C=O) groups is 1. The molecule has 3 rings (SSSR count). The van der Waals surface area contributed by atoms with Crippen LogP contribution in [0.4, 0.5) is 13.2 Å². The molecule has 0 spiro atoms. The van der Waals surface area contributed by atoms with Crippen molar-refractivity contribution in [2.75, 3.05) is 19.6 Å². The number of aromatic nitrogens is 1. The van der Waals surface area contributed by atoms with Crippen molar-refractivity contribution in [1.82, 2.24) is 15.4 Å². The van der Waals surface area contributed by atoms with Crippen LogP contribution in [0.2, 0.25) is 0 Å². The molecule has 3 heterocycles. The number of nitrogens with one attached hydrogen (secondary N) is 1. The van der Waals surface area contributed by atoms with E-state index in [1.54, 1.807) is 0 Å². The van der Waals surface area contributed by atoms with E-state index in [-0.39, 0.29) is 23.7 Å². The van der Waals surface area contributed by atoms with Crippen LogP contribution in [0.15, 0.2) is 16.7 Å². The van der Waals surface area contributed by atoms with Crippen molar-refractivity contribution in [3.05, 3.63) is 28.3 Å². The third-order valence-corrected chi connectivity index (χ3v) is 4.79. The first-order valence-electron chi connectivity index (χ1n) is 7.12. The van der Waals surface area contributed by atoms with Gasteiger partial charge in [-0.3, -0.25) is 4.79 Å². The van der Waals surface area contributed by atoms with Gasteiger partial charge in [-0.1, -0.05) is 5.16 Å². The lowest BCUT2D eigenvalue weighted by Crippen LogP contribution is -2.53. The SMILES string of the molecule is Cc1c(-c2ccc(C(=O)N3CCNC[C@@H]3O)s2)noc1C(F)(F)F. The minimum atomic E-state index is -4.61. The van der Waals surface area contributed by atoms with Crippen molar-refractivity contribution in [3.8, 4) is 10.6 Å². The Hall–Kier alpha value is -1.91. The average Bonchev–Trinajstić information content (AvgIpc) is 3.12. The van der Waals surface area contributed by atoms with Gasteiger partial charge in [0.25, 0.3) is 5.91 Å². The van der Waals surface area contributed by atoms with Crippen LogP contribution in [0.1, 0.15) is 21.0 Å². The summed E-state index contributed by atoms with van der Waals surface area (Å²) in [5.74, 6) is -1.51. The van der Waals surface area contributed by atoms with E-state index in [4.69, 9.17) is 0 Å².